The summed E-state index contributed by atoms with van der Waals surface area (Å²) in [6.07, 6.45) is -1.02. The lowest BCUT2D eigenvalue weighted by atomic mass is 10.1. The molecule has 2 unspecified atom stereocenters. The molecule has 144 valence electrons. The minimum atomic E-state index is -1.02. The van der Waals surface area contributed by atoms with Crippen LogP contribution in [0.2, 0.25) is 0 Å². The third-order valence-corrected chi connectivity index (χ3v) is 3.97. The molecule has 2 aromatic carbocycles. The molecule has 0 saturated carbocycles. The second-order valence-corrected chi connectivity index (χ2v) is 5.93. The number of methoxy groups -OCH3 is 2. The van der Waals surface area contributed by atoms with Crippen LogP contribution >= 0.6 is 0 Å². The van der Waals surface area contributed by atoms with E-state index < -0.39 is 18.0 Å². The number of amides is 1. The van der Waals surface area contributed by atoms with Gasteiger partial charge in [-0.1, -0.05) is 12.1 Å². The third-order valence-electron chi connectivity index (χ3n) is 3.97. The second kappa shape index (κ2) is 9.02. The van der Waals surface area contributed by atoms with Gasteiger partial charge in [-0.2, -0.15) is 0 Å². The van der Waals surface area contributed by atoms with Gasteiger partial charge >= 0.3 is 5.97 Å². The van der Waals surface area contributed by atoms with Crippen LogP contribution in [0.1, 0.15) is 35.8 Å². The van der Waals surface area contributed by atoms with Crippen molar-refractivity contribution in [1.82, 2.24) is 5.32 Å². The number of ether oxygens (including phenoxy) is 3. The first-order valence-electron chi connectivity index (χ1n) is 8.34. The Morgan fingerprint density at radius 2 is 1.52 bits per heavy atom. The standard InChI is InChI=1S/C20H22FNO5/c1-12(14-5-7-16(21)8-6-14)22-19(23)13(2)27-20(24)15-9-17(25-3)11-18(10-15)26-4/h5-13H,1-4H3,(H,22,23). The van der Waals surface area contributed by atoms with Crippen LogP contribution in [0.25, 0.3) is 0 Å². The Kier molecular flexibility index (Phi) is 6.76. The van der Waals surface area contributed by atoms with Crippen molar-refractivity contribution < 1.29 is 28.2 Å². The molecule has 7 heteroatoms. The van der Waals surface area contributed by atoms with Crippen molar-refractivity contribution >= 4 is 11.9 Å². The van der Waals surface area contributed by atoms with E-state index in [1.807, 2.05) is 0 Å². The Labute approximate surface area is 157 Å². The summed E-state index contributed by atoms with van der Waals surface area (Å²) in [4.78, 5) is 24.6. The van der Waals surface area contributed by atoms with Crippen molar-refractivity contribution in [3.63, 3.8) is 0 Å². The molecule has 1 N–H and O–H groups in total. The van der Waals surface area contributed by atoms with Gasteiger partial charge in [0.05, 0.1) is 25.8 Å². The number of rotatable bonds is 7. The van der Waals surface area contributed by atoms with Crippen LogP contribution in [0.3, 0.4) is 0 Å². The first-order chi connectivity index (χ1) is 12.8. The summed E-state index contributed by atoms with van der Waals surface area (Å²) in [7, 11) is 2.94. The molecule has 0 aliphatic heterocycles. The summed E-state index contributed by atoms with van der Waals surface area (Å²) in [6.45, 7) is 3.23. The lowest BCUT2D eigenvalue weighted by Gasteiger charge is -2.18. The molecule has 0 saturated heterocycles. The average Bonchev–Trinajstić information content (AvgIpc) is 2.67. The van der Waals surface area contributed by atoms with E-state index in [1.54, 1.807) is 25.1 Å². The highest BCUT2D eigenvalue weighted by molar-refractivity contribution is 5.93. The van der Waals surface area contributed by atoms with Gasteiger partial charge in [-0.15, -0.1) is 0 Å². The molecule has 1 amide bonds. The summed E-state index contributed by atoms with van der Waals surface area (Å²) in [5, 5.41) is 2.73. The first-order valence-corrected chi connectivity index (χ1v) is 8.34. The second-order valence-electron chi connectivity index (χ2n) is 5.93. The van der Waals surface area contributed by atoms with Gasteiger partial charge in [0, 0.05) is 6.07 Å². The number of nitrogens with one attached hydrogen (secondary N) is 1. The number of hydrogen-bond acceptors (Lipinski definition) is 5. The van der Waals surface area contributed by atoms with Crippen molar-refractivity contribution in [3.8, 4) is 11.5 Å². The Hall–Kier alpha value is -3.09. The third kappa shape index (κ3) is 5.44. The summed E-state index contributed by atoms with van der Waals surface area (Å²) in [5.74, 6) is -0.626. The first kappa shape index (κ1) is 20.2. The lowest BCUT2D eigenvalue weighted by Crippen LogP contribution is -2.37. The van der Waals surface area contributed by atoms with Gasteiger partial charge in [0.1, 0.15) is 17.3 Å². The van der Waals surface area contributed by atoms with Gasteiger partial charge < -0.3 is 19.5 Å². The maximum atomic E-state index is 13.0. The largest absolute Gasteiger partial charge is 0.497 e. The van der Waals surface area contributed by atoms with E-state index >= 15 is 0 Å². The Morgan fingerprint density at radius 1 is 0.963 bits per heavy atom. The predicted octanol–water partition coefficient (Wildman–Crippen LogP) is 3.27. The van der Waals surface area contributed by atoms with Gasteiger partial charge in [0.15, 0.2) is 6.10 Å². The predicted molar refractivity (Wildman–Crippen MR) is 97.4 cm³/mol. The molecule has 0 fully saturated rings. The van der Waals surface area contributed by atoms with Gasteiger partial charge in [-0.3, -0.25) is 4.79 Å². The molecule has 2 rings (SSSR count). The summed E-state index contributed by atoms with van der Waals surface area (Å²) in [5.41, 5.74) is 0.943. The highest BCUT2D eigenvalue weighted by Crippen LogP contribution is 2.23. The highest BCUT2D eigenvalue weighted by Gasteiger charge is 2.21. The quantitative estimate of drug-likeness (QED) is 0.752. The smallest absolute Gasteiger partial charge is 0.339 e. The summed E-state index contributed by atoms with van der Waals surface area (Å²) >= 11 is 0. The Balaban J connectivity index is 2.01. The number of esters is 1. The van der Waals surface area contributed by atoms with Crippen molar-refractivity contribution in [1.29, 1.82) is 0 Å². The molecule has 2 aromatic rings. The minimum Gasteiger partial charge on any atom is -0.497 e. The van der Waals surface area contributed by atoms with E-state index in [2.05, 4.69) is 5.32 Å². The molecule has 0 spiro atoms. The van der Waals surface area contributed by atoms with Crippen LogP contribution in [-0.2, 0) is 9.53 Å². The van der Waals surface area contributed by atoms with E-state index in [4.69, 9.17) is 14.2 Å². The van der Waals surface area contributed by atoms with Crippen LogP contribution < -0.4 is 14.8 Å². The van der Waals surface area contributed by atoms with Gasteiger partial charge in [0.25, 0.3) is 5.91 Å². The zero-order valence-electron chi connectivity index (χ0n) is 15.6. The van der Waals surface area contributed by atoms with Gasteiger partial charge in [0.2, 0.25) is 0 Å². The zero-order chi connectivity index (χ0) is 20.0. The van der Waals surface area contributed by atoms with Crippen molar-refractivity contribution in [2.45, 2.75) is 26.0 Å². The Morgan fingerprint density at radius 3 is 2.04 bits per heavy atom. The fourth-order valence-electron chi connectivity index (χ4n) is 2.37. The molecule has 0 aromatic heterocycles. The molecular formula is C20H22FNO5. The van der Waals surface area contributed by atoms with Crippen LogP contribution in [-0.4, -0.2) is 32.2 Å². The van der Waals surface area contributed by atoms with E-state index in [-0.39, 0.29) is 17.4 Å². The molecule has 6 nitrogen and oxygen atoms in total. The minimum absolute atomic E-state index is 0.206. The van der Waals surface area contributed by atoms with E-state index in [0.29, 0.717) is 11.5 Å². The molecule has 27 heavy (non-hydrogen) atoms. The SMILES string of the molecule is COc1cc(OC)cc(C(=O)OC(C)C(=O)NC(C)c2ccc(F)cc2)c1. The highest BCUT2D eigenvalue weighted by atomic mass is 19.1. The normalized spacial score (nSPS) is 12.6. The van der Waals surface area contributed by atoms with Crippen LogP contribution in [0.4, 0.5) is 4.39 Å². The molecule has 0 bridgehead atoms. The van der Waals surface area contributed by atoms with Crippen molar-refractivity contribution in [2.75, 3.05) is 14.2 Å². The van der Waals surface area contributed by atoms with E-state index in [1.165, 1.54) is 45.4 Å². The van der Waals surface area contributed by atoms with Crippen LogP contribution in [0.5, 0.6) is 11.5 Å². The molecule has 0 radical (unpaired) electrons. The van der Waals surface area contributed by atoms with Crippen molar-refractivity contribution in [3.05, 3.63) is 59.4 Å². The fraction of sp³-hybridized carbons (Fsp3) is 0.300. The molecule has 2 atom stereocenters. The summed E-state index contributed by atoms with van der Waals surface area (Å²) < 4.78 is 28.5. The Bertz CT molecular complexity index is 784. The molecule has 0 aliphatic rings. The maximum absolute atomic E-state index is 13.0. The summed E-state index contributed by atoms with van der Waals surface area (Å²) in [6, 6.07) is 10.1. The number of hydrogen-bond donors (Lipinski definition) is 1. The number of benzene rings is 2. The van der Waals surface area contributed by atoms with E-state index in [0.717, 1.165) is 5.56 Å². The average molecular weight is 375 g/mol. The van der Waals surface area contributed by atoms with Crippen LogP contribution in [0.15, 0.2) is 42.5 Å². The lowest BCUT2D eigenvalue weighted by molar-refractivity contribution is -0.129. The maximum Gasteiger partial charge on any atom is 0.339 e. The van der Waals surface area contributed by atoms with Gasteiger partial charge in [-0.25, -0.2) is 9.18 Å². The van der Waals surface area contributed by atoms with E-state index in [9.17, 15) is 14.0 Å². The van der Waals surface area contributed by atoms with Crippen LogP contribution in [0, 0.1) is 5.82 Å². The zero-order valence-corrected chi connectivity index (χ0v) is 15.6. The molecular weight excluding hydrogens is 353 g/mol. The number of carbonyl (C=O) groups excluding carboxylic acids is 2. The van der Waals surface area contributed by atoms with Crippen molar-refractivity contribution in [2.24, 2.45) is 0 Å². The van der Waals surface area contributed by atoms with Gasteiger partial charge in [-0.05, 0) is 43.7 Å². The number of halogens is 1. The topological polar surface area (TPSA) is 73.9 Å². The molecule has 0 heterocycles. The fourth-order valence-corrected chi connectivity index (χ4v) is 2.37. The monoisotopic (exact) mass is 375 g/mol. The molecule has 0 aliphatic carbocycles. The number of carbonyl (C=O) groups is 2.